The van der Waals surface area contributed by atoms with Gasteiger partial charge in [-0.05, 0) is 30.7 Å². The second-order valence-corrected chi connectivity index (χ2v) is 7.01. The van der Waals surface area contributed by atoms with Crippen molar-refractivity contribution in [2.24, 2.45) is 0 Å². The first-order valence-electron chi connectivity index (χ1n) is 7.63. The van der Waals surface area contributed by atoms with E-state index in [4.69, 9.17) is 17.3 Å². The van der Waals surface area contributed by atoms with Crippen molar-refractivity contribution in [2.45, 2.75) is 12.8 Å². The van der Waals surface area contributed by atoms with Crippen molar-refractivity contribution in [3.8, 4) is 5.69 Å². The number of nitrogens with zero attached hydrogens (tertiary/aromatic N) is 3. The molecule has 0 radical (unpaired) electrons. The Morgan fingerprint density at radius 2 is 2.04 bits per heavy atom. The van der Waals surface area contributed by atoms with Crippen molar-refractivity contribution in [1.82, 2.24) is 14.7 Å². The number of carbonyl (C=O) groups excluding carboxylic acids is 1. The van der Waals surface area contributed by atoms with E-state index in [-0.39, 0.29) is 12.3 Å². The third-order valence-corrected chi connectivity index (χ3v) is 4.98. The Bertz CT molecular complexity index is 846. The lowest BCUT2D eigenvalue weighted by Crippen LogP contribution is -2.29. The maximum atomic E-state index is 12.5. The van der Waals surface area contributed by atoms with Crippen LogP contribution in [-0.2, 0) is 9.59 Å². The Morgan fingerprint density at radius 3 is 2.76 bits per heavy atom. The van der Waals surface area contributed by atoms with E-state index in [0.717, 1.165) is 11.4 Å². The largest absolute Gasteiger partial charge is 0.481 e. The van der Waals surface area contributed by atoms with E-state index in [1.54, 1.807) is 17.0 Å². The normalized spacial score (nSPS) is 16.0. The van der Waals surface area contributed by atoms with Gasteiger partial charge in [0.05, 0.1) is 22.5 Å². The zero-order valence-corrected chi connectivity index (χ0v) is 14.8. The van der Waals surface area contributed by atoms with Crippen molar-refractivity contribution in [3.63, 3.8) is 0 Å². The molecule has 3 rings (SSSR count). The SMILES string of the molecule is O=C(O)CCCN1C(=O)/C(=C/c2ccnn2-c2ccccc2)SC1=S. The van der Waals surface area contributed by atoms with E-state index in [0.29, 0.717) is 22.2 Å². The lowest BCUT2D eigenvalue weighted by molar-refractivity contribution is -0.137. The Labute approximate surface area is 154 Å². The van der Waals surface area contributed by atoms with Gasteiger partial charge in [0.1, 0.15) is 4.32 Å². The van der Waals surface area contributed by atoms with Crippen LogP contribution < -0.4 is 0 Å². The van der Waals surface area contributed by atoms with E-state index >= 15 is 0 Å². The standard InChI is InChI=1S/C17H15N3O3S2/c21-15(22)7-4-10-19-16(23)14(25-17(19)24)11-13-8-9-18-20(13)12-5-2-1-3-6-12/h1-3,5-6,8-9,11H,4,7,10H2,(H,21,22)/b14-11-. The van der Waals surface area contributed by atoms with Crippen molar-refractivity contribution in [1.29, 1.82) is 0 Å². The summed E-state index contributed by atoms with van der Waals surface area (Å²) in [6, 6.07) is 11.5. The first-order valence-corrected chi connectivity index (χ1v) is 8.85. The molecule has 1 aliphatic rings. The molecule has 0 saturated carbocycles. The number of thioether (sulfide) groups is 1. The average molecular weight is 373 g/mol. The molecule has 1 aromatic carbocycles. The molecule has 0 bridgehead atoms. The first kappa shape index (κ1) is 17.4. The number of thiocarbonyl (C=S) groups is 1. The van der Waals surface area contributed by atoms with Gasteiger partial charge in [-0.1, -0.05) is 42.2 Å². The van der Waals surface area contributed by atoms with Gasteiger partial charge >= 0.3 is 5.97 Å². The summed E-state index contributed by atoms with van der Waals surface area (Å²) in [5, 5.41) is 13.0. The van der Waals surface area contributed by atoms with Gasteiger partial charge in [-0.25, -0.2) is 4.68 Å². The van der Waals surface area contributed by atoms with Crippen LogP contribution in [0.25, 0.3) is 11.8 Å². The first-order chi connectivity index (χ1) is 12.1. The molecule has 0 unspecified atom stereocenters. The molecule has 128 valence electrons. The number of aromatic nitrogens is 2. The van der Waals surface area contributed by atoms with Crippen LogP contribution in [0, 0.1) is 0 Å². The summed E-state index contributed by atoms with van der Waals surface area (Å²) < 4.78 is 2.20. The highest BCUT2D eigenvalue weighted by molar-refractivity contribution is 8.26. The number of benzene rings is 1. The predicted octanol–water partition coefficient (Wildman–Crippen LogP) is 2.94. The van der Waals surface area contributed by atoms with E-state index in [1.165, 1.54) is 16.7 Å². The van der Waals surface area contributed by atoms with Crippen LogP contribution in [0.4, 0.5) is 0 Å². The van der Waals surface area contributed by atoms with Gasteiger partial charge in [0.25, 0.3) is 5.91 Å². The van der Waals surface area contributed by atoms with E-state index in [9.17, 15) is 9.59 Å². The quantitative estimate of drug-likeness (QED) is 0.620. The third-order valence-electron chi connectivity index (χ3n) is 3.60. The van der Waals surface area contributed by atoms with Crippen LogP contribution in [-0.4, -0.2) is 42.5 Å². The average Bonchev–Trinajstić information content (AvgIpc) is 3.15. The highest BCUT2D eigenvalue weighted by Crippen LogP contribution is 2.32. The van der Waals surface area contributed by atoms with E-state index in [1.807, 2.05) is 36.4 Å². The summed E-state index contributed by atoms with van der Waals surface area (Å²) in [5.41, 5.74) is 1.67. The Hall–Kier alpha value is -2.45. The molecule has 8 heteroatoms. The smallest absolute Gasteiger partial charge is 0.303 e. The van der Waals surface area contributed by atoms with Gasteiger partial charge in [-0.2, -0.15) is 5.10 Å². The highest BCUT2D eigenvalue weighted by Gasteiger charge is 2.31. The van der Waals surface area contributed by atoms with Gasteiger partial charge < -0.3 is 5.11 Å². The molecule has 1 saturated heterocycles. The van der Waals surface area contributed by atoms with Crippen molar-refractivity contribution >= 4 is 46.3 Å². The van der Waals surface area contributed by atoms with Gasteiger partial charge in [0.2, 0.25) is 0 Å². The zero-order chi connectivity index (χ0) is 17.8. The zero-order valence-electron chi connectivity index (χ0n) is 13.2. The van der Waals surface area contributed by atoms with Crippen LogP contribution in [0.5, 0.6) is 0 Å². The second kappa shape index (κ2) is 7.62. The third kappa shape index (κ3) is 3.97. The van der Waals surface area contributed by atoms with Gasteiger partial charge in [0, 0.05) is 13.0 Å². The number of rotatable bonds is 6. The molecule has 0 aliphatic carbocycles. The Morgan fingerprint density at radius 1 is 1.28 bits per heavy atom. The summed E-state index contributed by atoms with van der Waals surface area (Å²) in [4.78, 5) is 25.1. The summed E-state index contributed by atoms with van der Waals surface area (Å²) in [6.07, 6.45) is 3.82. The van der Waals surface area contributed by atoms with Crippen molar-refractivity contribution in [3.05, 3.63) is 53.2 Å². The van der Waals surface area contributed by atoms with Gasteiger partial charge in [0.15, 0.2) is 0 Å². The summed E-state index contributed by atoms with van der Waals surface area (Å²) in [6.45, 7) is 0.312. The van der Waals surface area contributed by atoms with E-state index in [2.05, 4.69) is 5.10 Å². The second-order valence-electron chi connectivity index (χ2n) is 5.33. The summed E-state index contributed by atoms with van der Waals surface area (Å²) >= 11 is 6.48. The van der Waals surface area contributed by atoms with Crippen LogP contribution in [0.2, 0.25) is 0 Å². The molecule has 1 aliphatic heterocycles. The molecule has 0 spiro atoms. The van der Waals surface area contributed by atoms with E-state index < -0.39 is 5.97 Å². The van der Waals surface area contributed by atoms with Crippen LogP contribution in [0.15, 0.2) is 47.5 Å². The Kier molecular flexibility index (Phi) is 5.30. The molecular formula is C17H15N3O3S2. The number of hydrogen-bond donors (Lipinski definition) is 1. The molecule has 2 aromatic rings. The lowest BCUT2D eigenvalue weighted by atomic mass is 10.3. The molecule has 2 heterocycles. The number of aliphatic carboxylic acids is 1. The highest BCUT2D eigenvalue weighted by atomic mass is 32.2. The maximum Gasteiger partial charge on any atom is 0.303 e. The number of hydrogen-bond acceptors (Lipinski definition) is 5. The molecule has 6 nitrogen and oxygen atoms in total. The fraction of sp³-hybridized carbons (Fsp3) is 0.176. The number of carbonyl (C=O) groups is 2. The number of para-hydroxylation sites is 1. The molecule has 1 N–H and O–H groups in total. The van der Waals surface area contributed by atoms with Crippen molar-refractivity contribution in [2.75, 3.05) is 6.54 Å². The fourth-order valence-corrected chi connectivity index (χ4v) is 3.72. The molecular weight excluding hydrogens is 358 g/mol. The molecule has 1 amide bonds. The van der Waals surface area contributed by atoms with Crippen molar-refractivity contribution < 1.29 is 14.7 Å². The maximum absolute atomic E-state index is 12.5. The van der Waals surface area contributed by atoms with Gasteiger partial charge in [-0.15, -0.1) is 0 Å². The number of carboxylic acid groups (broad SMARTS) is 1. The Balaban J connectivity index is 1.79. The van der Waals surface area contributed by atoms with Crippen LogP contribution in [0.1, 0.15) is 18.5 Å². The number of carboxylic acids is 1. The minimum Gasteiger partial charge on any atom is -0.481 e. The molecule has 1 fully saturated rings. The van der Waals surface area contributed by atoms with Crippen LogP contribution in [0.3, 0.4) is 0 Å². The number of amides is 1. The predicted molar refractivity (Wildman–Crippen MR) is 100 cm³/mol. The summed E-state index contributed by atoms with van der Waals surface area (Å²) in [5.74, 6) is -1.08. The molecule has 0 atom stereocenters. The van der Waals surface area contributed by atoms with Gasteiger partial charge in [-0.3, -0.25) is 14.5 Å². The minimum absolute atomic E-state index is 0.0108. The lowest BCUT2D eigenvalue weighted by Gasteiger charge is -2.13. The molecule has 1 aromatic heterocycles. The fourth-order valence-electron chi connectivity index (χ4n) is 2.42. The minimum atomic E-state index is -0.882. The molecule has 25 heavy (non-hydrogen) atoms. The summed E-state index contributed by atoms with van der Waals surface area (Å²) in [7, 11) is 0. The van der Waals surface area contributed by atoms with Crippen LogP contribution >= 0.6 is 24.0 Å². The topological polar surface area (TPSA) is 75.4 Å². The monoisotopic (exact) mass is 373 g/mol.